The molecule has 6 aromatic rings. The Bertz CT molecular complexity index is 2900. The van der Waals surface area contributed by atoms with Gasteiger partial charge in [-0.3, -0.25) is 29.5 Å². The average Bonchev–Trinajstić information content (AvgIpc) is 3.46. The Morgan fingerprint density at radius 3 is 1.35 bits per heavy atom. The molecule has 0 aliphatic carbocycles. The van der Waals surface area contributed by atoms with Gasteiger partial charge >= 0.3 is 0 Å². The van der Waals surface area contributed by atoms with E-state index in [9.17, 15) is 9.90 Å². The number of carbonyl (C=O) groups is 1. The molecule has 1 atom stereocenters. The predicted molar refractivity (Wildman–Crippen MR) is 302 cm³/mol. The van der Waals surface area contributed by atoms with E-state index in [1.54, 1.807) is 75.1 Å². The molecule has 1 fully saturated rings. The fourth-order valence-electron chi connectivity index (χ4n) is 10.4. The molecule has 0 bridgehead atoms. The number of aldehydes is 1. The van der Waals surface area contributed by atoms with Crippen molar-refractivity contribution in [3.05, 3.63) is 113 Å². The van der Waals surface area contributed by atoms with Gasteiger partial charge in [0.15, 0.2) is 6.29 Å². The summed E-state index contributed by atoms with van der Waals surface area (Å²) in [5.74, 6) is 5.09. The lowest BCUT2D eigenvalue weighted by molar-refractivity contribution is 0.0442. The minimum atomic E-state index is 0.0941. The molecule has 1 aliphatic heterocycles. The molecule has 0 spiro atoms. The first-order valence-electron chi connectivity index (χ1n) is 26.5. The fourth-order valence-corrected chi connectivity index (χ4v) is 10.4. The van der Waals surface area contributed by atoms with Gasteiger partial charge in [-0.15, -0.1) is 0 Å². The second kappa shape index (κ2) is 28.6. The minimum absolute atomic E-state index is 0.0941. The van der Waals surface area contributed by atoms with Crippen LogP contribution >= 0.6 is 0 Å². The van der Waals surface area contributed by atoms with Crippen LogP contribution in [0.2, 0.25) is 0 Å². The Hall–Kier alpha value is -7.02. The van der Waals surface area contributed by atoms with E-state index < -0.39 is 0 Å². The van der Waals surface area contributed by atoms with Gasteiger partial charge in [-0.2, -0.15) is 0 Å². The highest BCUT2D eigenvalue weighted by molar-refractivity contribution is 5.83. The van der Waals surface area contributed by atoms with E-state index in [0.29, 0.717) is 118 Å². The third-order valence-electron chi connectivity index (χ3n) is 14.0. The Labute approximate surface area is 460 Å². The topological polar surface area (TPSA) is 169 Å². The van der Waals surface area contributed by atoms with E-state index in [4.69, 9.17) is 57.6 Å². The molecule has 3 aromatic heterocycles. The second-order valence-corrected chi connectivity index (χ2v) is 19.7. The number of nitrogens with zero attached hydrogens (tertiary/aromatic N) is 6. The normalized spacial score (nSPS) is 14.6. The molecule has 0 saturated carbocycles. The number of pyridine rings is 3. The van der Waals surface area contributed by atoms with Gasteiger partial charge in [0.2, 0.25) is 0 Å². The van der Waals surface area contributed by atoms with Crippen molar-refractivity contribution in [2.75, 3.05) is 116 Å². The van der Waals surface area contributed by atoms with Crippen LogP contribution in [0.3, 0.4) is 0 Å². The van der Waals surface area contributed by atoms with Crippen LogP contribution in [0.15, 0.2) is 72.8 Å². The zero-order chi connectivity index (χ0) is 55.7. The number of methoxy groups -OCH3 is 8. The first-order valence-corrected chi connectivity index (χ1v) is 26.5. The molecule has 17 heteroatoms. The number of aliphatic hydroxyl groups is 1. The van der Waals surface area contributed by atoms with Crippen molar-refractivity contribution in [1.29, 1.82) is 0 Å². The summed E-state index contributed by atoms with van der Waals surface area (Å²) in [6.07, 6.45) is 3.29. The molecule has 1 N–H and O–H groups in total. The number of rotatable bonds is 25. The van der Waals surface area contributed by atoms with Crippen LogP contribution in [0.5, 0.6) is 46.0 Å². The molecule has 3 aromatic carbocycles. The second-order valence-electron chi connectivity index (χ2n) is 19.7. The first kappa shape index (κ1) is 58.7. The molecule has 0 radical (unpaired) electrons. The van der Waals surface area contributed by atoms with Crippen molar-refractivity contribution in [2.45, 2.75) is 59.7 Å². The molecule has 1 aliphatic rings. The smallest absolute Gasteiger partial charge is 0.168 e. The molecule has 17 nitrogen and oxygen atoms in total. The fraction of sp³-hybridized carbons (Fsp3) is 0.443. The maximum Gasteiger partial charge on any atom is 0.168 e. The molecule has 418 valence electrons. The summed E-state index contributed by atoms with van der Waals surface area (Å²) in [5, 5.41) is 9.48. The molecular weight excluding hydrogens is 993 g/mol. The van der Waals surface area contributed by atoms with Crippen LogP contribution in [0.1, 0.15) is 63.8 Å². The third kappa shape index (κ3) is 15.2. The van der Waals surface area contributed by atoms with E-state index in [1.165, 1.54) is 0 Å². The van der Waals surface area contributed by atoms with Crippen molar-refractivity contribution in [1.82, 2.24) is 29.7 Å². The van der Waals surface area contributed by atoms with Crippen molar-refractivity contribution in [3.8, 4) is 79.4 Å². The van der Waals surface area contributed by atoms with Gasteiger partial charge in [-0.25, -0.2) is 4.98 Å². The van der Waals surface area contributed by atoms with Gasteiger partial charge in [0.25, 0.3) is 0 Å². The molecule has 1 saturated heterocycles. The number of unbranched alkanes of at least 4 members (excludes halogenated alkanes) is 2. The van der Waals surface area contributed by atoms with Gasteiger partial charge in [0.1, 0.15) is 51.7 Å². The number of ether oxygens (including phenoxy) is 9. The summed E-state index contributed by atoms with van der Waals surface area (Å²) in [4.78, 5) is 35.2. The van der Waals surface area contributed by atoms with E-state index >= 15 is 0 Å². The van der Waals surface area contributed by atoms with Gasteiger partial charge in [0, 0.05) is 125 Å². The predicted octanol–water partition coefficient (Wildman–Crippen LogP) is 9.29. The molecule has 78 heavy (non-hydrogen) atoms. The summed E-state index contributed by atoms with van der Waals surface area (Å²) in [6, 6.07) is 23.5. The number of aliphatic hydroxyl groups excluding tert-OH is 1. The molecular formula is C61H78N6O11. The van der Waals surface area contributed by atoms with Crippen molar-refractivity contribution >= 4 is 6.29 Å². The Kier molecular flexibility index (Phi) is 21.5. The highest BCUT2D eigenvalue weighted by atomic mass is 16.5. The van der Waals surface area contributed by atoms with E-state index in [0.717, 1.165) is 98.9 Å². The molecule has 1 unspecified atom stereocenters. The zero-order valence-corrected chi connectivity index (χ0v) is 47.4. The SMILES string of the molecule is COc1cc(C)c(-c2cc(C)nc(CN3CCN(Cc4cc(-c5c(OC)cc(OC)cc5OC)cc(C=O)n4)CCN(Cc4cc(-c5c(OC)cc(OC)cc5OC)cc(C)n4)CC(COCCCCCO)C3)c2)c(OC)c1. The maximum absolute atomic E-state index is 12.7. The van der Waals surface area contributed by atoms with Crippen LogP contribution in [0, 0.1) is 26.7 Å². The zero-order valence-electron chi connectivity index (χ0n) is 47.4. The largest absolute Gasteiger partial charge is 0.497 e. The van der Waals surface area contributed by atoms with Gasteiger partial charge in [-0.05, 0) is 105 Å². The summed E-state index contributed by atoms with van der Waals surface area (Å²) >= 11 is 0. The maximum atomic E-state index is 12.7. The van der Waals surface area contributed by atoms with Crippen LogP contribution in [0.4, 0.5) is 0 Å². The number of hydrogen-bond donors (Lipinski definition) is 1. The summed E-state index contributed by atoms with van der Waals surface area (Å²) in [6.45, 7) is 13.2. The van der Waals surface area contributed by atoms with Crippen molar-refractivity contribution in [3.63, 3.8) is 0 Å². The van der Waals surface area contributed by atoms with E-state index in [2.05, 4.69) is 45.9 Å². The first-order chi connectivity index (χ1) is 37.8. The number of carbonyl (C=O) groups excluding carboxylic acids is 1. The minimum Gasteiger partial charge on any atom is -0.497 e. The highest BCUT2D eigenvalue weighted by Crippen LogP contribution is 2.44. The quantitative estimate of drug-likeness (QED) is 0.0425. The van der Waals surface area contributed by atoms with Crippen LogP contribution in [0.25, 0.3) is 33.4 Å². The molecule has 0 amide bonds. The van der Waals surface area contributed by atoms with Crippen LogP contribution < -0.4 is 37.9 Å². The molecule has 4 heterocycles. The Morgan fingerprint density at radius 1 is 0.487 bits per heavy atom. The number of hydrogen-bond acceptors (Lipinski definition) is 17. The van der Waals surface area contributed by atoms with Crippen LogP contribution in [-0.2, 0) is 24.4 Å². The van der Waals surface area contributed by atoms with Crippen molar-refractivity contribution < 1.29 is 52.5 Å². The lowest BCUT2D eigenvalue weighted by Crippen LogP contribution is -2.46. The summed E-state index contributed by atoms with van der Waals surface area (Å²) in [5.41, 5.74) is 10.8. The van der Waals surface area contributed by atoms with Gasteiger partial charge in [-0.1, -0.05) is 0 Å². The number of benzene rings is 3. The average molecular weight is 1070 g/mol. The monoisotopic (exact) mass is 1070 g/mol. The number of aryl methyl sites for hydroxylation is 3. The lowest BCUT2D eigenvalue weighted by Gasteiger charge is -2.36. The Morgan fingerprint density at radius 2 is 0.897 bits per heavy atom. The highest BCUT2D eigenvalue weighted by Gasteiger charge is 2.26. The van der Waals surface area contributed by atoms with Crippen molar-refractivity contribution in [2.24, 2.45) is 5.92 Å². The summed E-state index contributed by atoms with van der Waals surface area (Å²) in [7, 11) is 13.1. The van der Waals surface area contributed by atoms with Gasteiger partial charge < -0.3 is 47.7 Å². The van der Waals surface area contributed by atoms with Crippen LogP contribution in [-0.4, -0.2) is 157 Å². The number of aromatic nitrogens is 3. The summed E-state index contributed by atoms with van der Waals surface area (Å²) < 4.78 is 52.8. The lowest BCUT2D eigenvalue weighted by atomic mass is 9.98. The Balaban J connectivity index is 1.29. The van der Waals surface area contributed by atoms with E-state index in [1.807, 2.05) is 44.2 Å². The third-order valence-corrected chi connectivity index (χ3v) is 14.0. The standard InChI is InChI=1S/C61H78N6O11/c1-40-21-51(70-4)28-54(73-7)59(40)44-22-41(2)62-47(24-44)36-66-17-15-65(35-49-26-46(27-50(38-69)64-49)61-57(76-10)31-53(72-6)32-58(61)77-11)16-18-67(34-43(33-66)39-78-20-14-12-13-19-68)37-48-25-45(23-42(3)63-48)60-55(74-8)29-52(71-5)30-56(60)75-9/h21-32,38,43,68H,12-20,33-37,39H2,1-11H3. The van der Waals surface area contributed by atoms with E-state index in [-0.39, 0.29) is 12.5 Å². The van der Waals surface area contributed by atoms with Gasteiger partial charge in [0.05, 0.1) is 91.7 Å². The molecule has 7 rings (SSSR count).